The number of aromatic nitrogens is 4. The van der Waals surface area contributed by atoms with Crippen LogP contribution in [-0.4, -0.2) is 67.7 Å². The summed E-state index contributed by atoms with van der Waals surface area (Å²) in [5.41, 5.74) is 2.66. The average Bonchev–Trinajstić information content (AvgIpc) is 3.46. The molecule has 5 heterocycles. The van der Waals surface area contributed by atoms with Gasteiger partial charge in [-0.05, 0) is 37.5 Å². The quantitative estimate of drug-likeness (QED) is 0.659. The summed E-state index contributed by atoms with van der Waals surface area (Å²) < 4.78 is 7.25. The molecule has 0 atom stereocenters. The van der Waals surface area contributed by atoms with Crippen molar-refractivity contribution in [1.82, 2.24) is 29.7 Å². The molecule has 2 amide bonds. The highest BCUT2D eigenvalue weighted by molar-refractivity contribution is 5.94. The molecular weight excluding hydrogens is 384 g/mol. The molecule has 3 aromatic heterocycles. The van der Waals surface area contributed by atoms with E-state index in [4.69, 9.17) is 4.52 Å². The molecule has 1 fully saturated rings. The highest BCUT2D eigenvalue weighted by atomic mass is 16.5. The van der Waals surface area contributed by atoms with Crippen LogP contribution in [0.3, 0.4) is 0 Å². The van der Waals surface area contributed by atoms with Crippen molar-refractivity contribution in [2.75, 3.05) is 26.2 Å². The molecule has 3 aromatic rings. The molecule has 0 saturated carbocycles. The van der Waals surface area contributed by atoms with E-state index < -0.39 is 0 Å². The summed E-state index contributed by atoms with van der Waals surface area (Å²) in [6, 6.07) is 7.19. The van der Waals surface area contributed by atoms with E-state index in [1.54, 1.807) is 34.3 Å². The van der Waals surface area contributed by atoms with Crippen LogP contribution in [0.1, 0.15) is 39.5 Å². The Morgan fingerprint density at radius 3 is 2.40 bits per heavy atom. The normalized spacial score (nSPS) is 16.4. The molecule has 0 radical (unpaired) electrons. The number of hydrogen-bond donors (Lipinski definition) is 0. The fraction of sp³-hybridized carbons (Fsp3) is 0.381. The number of carbonyl (C=O) groups excluding carboxylic acids is 2. The number of hydrogen-bond acceptors (Lipinski definition) is 6. The summed E-state index contributed by atoms with van der Waals surface area (Å²) in [5, 5.41) is 8.40. The van der Waals surface area contributed by atoms with Crippen molar-refractivity contribution in [3.63, 3.8) is 0 Å². The molecule has 0 spiro atoms. The van der Waals surface area contributed by atoms with Crippen molar-refractivity contribution >= 4 is 11.8 Å². The van der Waals surface area contributed by atoms with E-state index >= 15 is 0 Å². The van der Waals surface area contributed by atoms with Gasteiger partial charge in [0, 0.05) is 62.4 Å². The Hall–Kier alpha value is -3.49. The molecule has 2 aliphatic heterocycles. The Balaban J connectivity index is 1.21. The molecule has 0 aliphatic carbocycles. The van der Waals surface area contributed by atoms with Gasteiger partial charge in [0.25, 0.3) is 11.8 Å². The van der Waals surface area contributed by atoms with E-state index in [1.165, 1.54) is 0 Å². The van der Waals surface area contributed by atoms with E-state index in [-0.39, 0.29) is 17.5 Å². The SMILES string of the molecule is O=C(c1cc(-c2cccnc2)on1)N1CCN(C(=O)c2cc3n(n2)CCCC3)CC1. The Bertz CT molecular complexity index is 1040. The molecule has 9 nitrogen and oxygen atoms in total. The molecular formula is C21H22N6O3. The number of nitrogens with zero attached hydrogens (tertiary/aromatic N) is 6. The van der Waals surface area contributed by atoms with Gasteiger partial charge in [0.15, 0.2) is 17.1 Å². The number of fused-ring (bicyclic) bond motifs is 1. The van der Waals surface area contributed by atoms with E-state index in [1.807, 2.05) is 16.8 Å². The maximum Gasteiger partial charge on any atom is 0.276 e. The van der Waals surface area contributed by atoms with Crippen LogP contribution in [0.4, 0.5) is 0 Å². The fourth-order valence-corrected chi connectivity index (χ4v) is 3.98. The van der Waals surface area contributed by atoms with Crippen LogP contribution in [0.2, 0.25) is 0 Å². The Morgan fingerprint density at radius 1 is 0.933 bits per heavy atom. The first kappa shape index (κ1) is 18.5. The molecule has 5 rings (SSSR count). The standard InChI is InChI=1S/C21H22N6O3/c28-20(17-12-16-5-1-2-7-27(16)23-17)25-8-10-26(11-9-25)21(29)18-13-19(30-24-18)15-4-3-6-22-14-15/h3-4,6,12-14H,1-2,5,7-11H2. The van der Waals surface area contributed by atoms with Gasteiger partial charge >= 0.3 is 0 Å². The first-order chi connectivity index (χ1) is 14.7. The zero-order valence-electron chi connectivity index (χ0n) is 16.5. The van der Waals surface area contributed by atoms with Gasteiger partial charge in [-0.1, -0.05) is 5.16 Å². The number of carbonyl (C=O) groups is 2. The highest BCUT2D eigenvalue weighted by Gasteiger charge is 2.29. The molecule has 0 aromatic carbocycles. The fourth-order valence-electron chi connectivity index (χ4n) is 3.98. The topological polar surface area (TPSA) is 97.4 Å². The van der Waals surface area contributed by atoms with Crippen molar-refractivity contribution in [3.05, 3.63) is 53.7 Å². The highest BCUT2D eigenvalue weighted by Crippen LogP contribution is 2.21. The first-order valence-electron chi connectivity index (χ1n) is 10.2. The number of aryl methyl sites for hydroxylation is 2. The lowest BCUT2D eigenvalue weighted by atomic mass is 10.1. The van der Waals surface area contributed by atoms with Crippen LogP contribution >= 0.6 is 0 Å². The van der Waals surface area contributed by atoms with Crippen LogP contribution in [0, 0.1) is 0 Å². The third kappa shape index (κ3) is 3.47. The molecule has 2 aliphatic rings. The van der Waals surface area contributed by atoms with Crippen molar-refractivity contribution in [2.45, 2.75) is 25.8 Å². The lowest BCUT2D eigenvalue weighted by Crippen LogP contribution is -2.50. The second-order valence-corrected chi connectivity index (χ2v) is 7.60. The molecule has 0 bridgehead atoms. The van der Waals surface area contributed by atoms with Crippen LogP contribution in [0.25, 0.3) is 11.3 Å². The van der Waals surface area contributed by atoms with Gasteiger partial charge in [-0.2, -0.15) is 5.10 Å². The average molecular weight is 406 g/mol. The lowest BCUT2D eigenvalue weighted by molar-refractivity contribution is 0.0526. The van der Waals surface area contributed by atoms with E-state index in [9.17, 15) is 9.59 Å². The number of rotatable bonds is 3. The maximum absolute atomic E-state index is 12.8. The predicted octanol–water partition coefficient (Wildman–Crippen LogP) is 1.87. The number of piperazine rings is 1. The Labute approximate surface area is 173 Å². The Kier molecular flexibility index (Phi) is 4.78. The van der Waals surface area contributed by atoms with Crippen molar-refractivity contribution in [3.8, 4) is 11.3 Å². The van der Waals surface area contributed by atoms with Gasteiger partial charge in [-0.3, -0.25) is 19.3 Å². The first-order valence-corrected chi connectivity index (χ1v) is 10.2. The largest absolute Gasteiger partial charge is 0.355 e. The summed E-state index contributed by atoms with van der Waals surface area (Å²) in [6.07, 6.45) is 6.55. The summed E-state index contributed by atoms with van der Waals surface area (Å²) in [6.45, 7) is 2.73. The van der Waals surface area contributed by atoms with Gasteiger partial charge in [0.05, 0.1) is 0 Å². The van der Waals surface area contributed by atoms with E-state index in [2.05, 4.69) is 15.2 Å². The summed E-state index contributed by atoms with van der Waals surface area (Å²) in [5.74, 6) is 0.242. The second kappa shape index (κ2) is 7.74. The second-order valence-electron chi connectivity index (χ2n) is 7.60. The van der Waals surface area contributed by atoms with Gasteiger partial charge in [0.1, 0.15) is 0 Å². The Morgan fingerprint density at radius 2 is 1.70 bits per heavy atom. The van der Waals surface area contributed by atoms with E-state index in [0.717, 1.165) is 37.1 Å². The summed E-state index contributed by atoms with van der Waals surface area (Å²) in [7, 11) is 0. The minimum atomic E-state index is -0.196. The van der Waals surface area contributed by atoms with Gasteiger partial charge < -0.3 is 14.3 Å². The number of amides is 2. The summed E-state index contributed by atoms with van der Waals surface area (Å²) in [4.78, 5) is 33.1. The minimum Gasteiger partial charge on any atom is -0.355 e. The zero-order valence-corrected chi connectivity index (χ0v) is 16.5. The minimum absolute atomic E-state index is 0.0655. The molecule has 0 N–H and O–H groups in total. The monoisotopic (exact) mass is 406 g/mol. The smallest absolute Gasteiger partial charge is 0.276 e. The van der Waals surface area contributed by atoms with Crippen LogP contribution in [0.15, 0.2) is 41.2 Å². The molecule has 9 heteroatoms. The van der Waals surface area contributed by atoms with Crippen molar-refractivity contribution in [1.29, 1.82) is 0 Å². The molecule has 1 saturated heterocycles. The van der Waals surface area contributed by atoms with Crippen molar-refractivity contribution in [2.24, 2.45) is 0 Å². The van der Waals surface area contributed by atoms with Crippen LogP contribution in [-0.2, 0) is 13.0 Å². The van der Waals surface area contributed by atoms with Crippen molar-refractivity contribution < 1.29 is 14.1 Å². The van der Waals surface area contributed by atoms with Gasteiger partial charge in [-0.15, -0.1) is 0 Å². The van der Waals surface area contributed by atoms with Crippen LogP contribution < -0.4 is 0 Å². The molecule has 30 heavy (non-hydrogen) atoms. The molecule has 0 unspecified atom stereocenters. The van der Waals surface area contributed by atoms with Gasteiger partial charge in [0.2, 0.25) is 0 Å². The number of pyridine rings is 1. The third-order valence-electron chi connectivity index (χ3n) is 5.66. The molecule has 154 valence electrons. The zero-order chi connectivity index (χ0) is 20.5. The predicted molar refractivity (Wildman–Crippen MR) is 107 cm³/mol. The van der Waals surface area contributed by atoms with Gasteiger partial charge in [-0.25, -0.2) is 0 Å². The maximum atomic E-state index is 12.8. The van der Waals surface area contributed by atoms with E-state index in [0.29, 0.717) is 37.6 Å². The lowest BCUT2D eigenvalue weighted by Gasteiger charge is -2.34. The third-order valence-corrected chi connectivity index (χ3v) is 5.66. The summed E-state index contributed by atoms with van der Waals surface area (Å²) >= 11 is 0. The van der Waals surface area contributed by atoms with Crippen LogP contribution in [0.5, 0.6) is 0 Å².